The van der Waals surface area contributed by atoms with E-state index in [4.69, 9.17) is 9.29 Å². The first-order valence-electron chi connectivity index (χ1n) is 4.66. The maximum atomic E-state index is 11.5. The van der Waals surface area contributed by atoms with E-state index in [1.807, 2.05) is 0 Å². The van der Waals surface area contributed by atoms with Crippen molar-refractivity contribution in [3.8, 4) is 0 Å². The van der Waals surface area contributed by atoms with Gasteiger partial charge in [-0.3, -0.25) is 9.45 Å². The van der Waals surface area contributed by atoms with Crippen molar-refractivity contribution in [3.63, 3.8) is 0 Å². The second-order valence-corrected chi connectivity index (χ2v) is 7.38. The summed E-state index contributed by atoms with van der Waals surface area (Å²) in [7, 11) is -7.88. The van der Waals surface area contributed by atoms with E-state index in [-0.39, 0.29) is 5.48 Å². The molecule has 104 valence electrons. The quantitative estimate of drug-likeness (QED) is 0.578. The highest BCUT2D eigenvalue weighted by atomic mass is 32.2. The van der Waals surface area contributed by atoms with E-state index in [9.17, 15) is 16.8 Å². The number of sulfone groups is 1. The van der Waals surface area contributed by atoms with Gasteiger partial charge in [-0.15, -0.1) is 0 Å². The summed E-state index contributed by atoms with van der Waals surface area (Å²) in [5, 5.41) is -1.20. The summed E-state index contributed by atoms with van der Waals surface area (Å²) in [4.78, 5) is 1.49. The van der Waals surface area contributed by atoms with Crippen LogP contribution in [-0.4, -0.2) is 75.5 Å². The zero-order chi connectivity index (χ0) is 12.4. The molecule has 1 aliphatic heterocycles. The first-order valence-corrected chi connectivity index (χ1v) is 8.22. The van der Waals surface area contributed by atoms with Crippen molar-refractivity contribution < 1.29 is 31.6 Å². The number of ether oxygens (including phenoxy) is 1. The summed E-state index contributed by atoms with van der Waals surface area (Å²) in [6.45, 7) is 1.40. The van der Waals surface area contributed by atoms with Crippen LogP contribution in [0.4, 0.5) is 0 Å². The first kappa shape index (κ1) is 16.7. The third-order valence-corrected chi connectivity index (χ3v) is 4.70. The highest BCUT2D eigenvalue weighted by Crippen LogP contribution is 2.11. The molecule has 1 rings (SSSR count). The van der Waals surface area contributed by atoms with Gasteiger partial charge in [-0.25, -0.2) is 8.42 Å². The zero-order valence-electron chi connectivity index (χ0n) is 9.37. The Balaban J connectivity index is 0.00000256. The molecule has 1 unspecified atom stereocenters. The van der Waals surface area contributed by atoms with Crippen LogP contribution in [0.1, 0.15) is 0 Å². The minimum atomic E-state index is -4.32. The fourth-order valence-corrected chi connectivity index (χ4v) is 4.37. The van der Waals surface area contributed by atoms with Gasteiger partial charge in [-0.1, -0.05) is 0 Å². The van der Waals surface area contributed by atoms with Crippen LogP contribution < -0.4 is 0 Å². The van der Waals surface area contributed by atoms with Crippen LogP contribution in [-0.2, 0) is 24.7 Å². The molecule has 1 aliphatic rings. The fraction of sp³-hybridized carbons (Fsp3) is 1.00. The van der Waals surface area contributed by atoms with Crippen molar-refractivity contribution >= 4 is 20.0 Å². The fourth-order valence-electron chi connectivity index (χ4n) is 1.55. The molecule has 0 aromatic carbocycles. The highest BCUT2D eigenvalue weighted by Gasteiger charge is 2.33. The summed E-state index contributed by atoms with van der Waals surface area (Å²) >= 11 is 0. The molecule has 10 heteroatoms. The van der Waals surface area contributed by atoms with E-state index in [1.54, 1.807) is 0 Å². The Labute approximate surface area is 101 Å². The maximum absolute atomic E-state index is 11.5. The standard InChI is InChI=1S/C7H15NO6S2.H2O/c1-15(9,10)7(6-16(11,12)13)8-2-4-14-5-3-8;/h7H,2-6H2,1H3,(H,11,12,13);1H2. The molecule has 17 heavy (non-hydrogen) atoms. The second-order valence-electron chi connectivity index (χ2n) is 3.68. The van der Waals surface area contributed by atoms with E-state index < -0.39 is 31.1 Å². The summed E-state index contributed by atoms with van der Waals surface area (Å²) in [6.07, 6.45) is 0.957. The van der Waals surface area contributed by atoms with E-state index >= 15 is 0 Å². The van der Waals surface area contributed by atoms with Crippen LogP contribution in [0.3, 0.4) is 0 Å². The van der Waals surface area contributed by atoms with Crippen LogP contribution in [0.15, 0.2) is 0 Å². The third-order valence-electron chi connectivity index (χ3n) is 2.30. The van der Waals surface area contributed by atoms with Crippen LogP contribution in [0, 0.1) is 0 Å². The van der Waals surface area contributed by atoms with Crippen molar-refractivity contribution in [1.29, 1.82) is 0 Å². The lowest BCUT2D eigenvalue weighted by atomic mass is 10.4. The van der Waals surface area contributed by atoms with Crippen molar-refractivity contribution in [2.75, 3.05) is 38.3 Å². The van der Waals surface area contributed by atoms with E-state index in [1.165, 1.54) is 4.90 Å². The van der Waals surface area contributed by atoms with Crippen LogP contribution >= 0.6 is 0 Å². The molecular formula is C7H17NO7S2. The molecule has 0 amide bonds. The van der Waals surface area contributed by atoms with E-state index in [0.29, 0.717) is 26.3 Å². The number of hydrogen-bond donors (Lipinski definition) is 1. The first-order chi connectivity index (χ1) is 7.20. The smallest absolute Gasteiger partial charge is 0.267 e. The largest absolute Gasteiger partial charge is 0.412 e. The lowest BCUT2D eigenvalue weighted by Gasteiger charge is -2.32. The minimum absolute atomic E-state index is 0. The van der Waals surface area contributed by atoms with Gasteiger partial charge in [0.25, 0.3) is 10.1 Å². The Bertz CT molecular complexity index is 423. The molecule has 1 saturated heterocycles. The lowest BCUT2D eigenvalue weighted by molar-refractivity contribution is 0.0340. The highest BCUT2D eigenvalue weighted by molar-refractivity contribution is 7.93. The molecular weight excluding hydrogens is 274 g/mol. The molecule has 0 bridgehead atoms. The summed E-state index contributed by atoms with van der Waals surface area (Å²) in [5.41, 5.74) is 0. The molecule has 0 radical (unpaired) electrons. The van der Waals surface area contributed by atoms with Gasteiger partial charge in [-0.05, 0) is 0 Å². The average molecular weight is 291 g/mol. The van der Waals surface area contributed by atoms with Crippen LogP contribution in [0.2, 0.25) is 0 Å². The van der Waals surface area contributed by atoms with E-state index in [2.05, 4.69) is 0 Å². The SMILES string of the molecule is CS(=O)(=O)C(CS(=O)(=O)O)N1CCOCC1.O. The average Bonchev–Trinajstić information content (AvgIpc) is 2.13. The Morgan fingerprint density at radius 3 is 2.06 bits per heavy atom. The Hall–Kier alpha value is -0.260. The number of hydrogen-bond acceptors (Lipinski definition) is 6. The topological polar surface area (TPSA) is 132 Å². The molecule has 0 aromatic rings. The normalized spacial score (nSPS) is 20.6. The Morgan fingerprint density at radius 1 is 1.24 bits per heavy atom. The van der Waals surface area contributed by atoms with Crippen molar-refractivity contribution in [2.24, 2.45) is 0 Å². The van der Waals surface area contributed by atoms with E-state index in [0.717, 1.165) is 6.26 Å². The van der Waals surface area contributed by atoms with Gasteiger partial charge >= 0.3 is 0 Å². The zero-order valence-corrected chi connectivity index (χ0v) is 11.0. The monoisotopic (exact) mass is 291 g/mol. The number of nitrogens with zero attached hydrogens (tertiary/aromatic N) is 1. The van der Waals surface area contributed by atoms with Crippen molar-refractivity contribution in [1.82, 2.24) is 4.90 Å². The van der Waals surface area contributed by atoms with Gasteiger partial charge in [0.2, 0.25) is 0 Å². The molecule has 0 spiro atoms. The molecule has 1 fully saturated rings. The van der Waals surface area contributed by atoms with Gasteiger partial charge in [0.15, 0.2) is 9.84 Å². The third kappa shape index (κ3) is 5.75. The van der Waals surface area contributed by atoms with Gasteiger partial charge in [0.05, 0.1) is 13.2 Å². The van der Waals surface area contributed by atoms with Gasteiger partial charge in [-0.2, -0.15) is 8.42 Å². The molecule has 3 N–H and O–H groups in total. The van der Waals surface area contributed by atoms with Crippen LogP contribution in [0.25, 0.3) is 0 Å². The van der Waals surface area contributed by atoms with Crippen molar-refractivity contribution in [3.05, 3.63) is 0 Å². The summed E-state index contributed by atoms with van der Waals surface area (Å²) < 4.78 is 58.2. The van der Waals surface area contributed by atoms with Crippen LogP contribution in [0.5, 0.6) is 0 Å². The Morgan fingerprint density at radius 2 is 1.71 bits per heavy atom. The molecule has 0 aromatic heterocycles. The molecule has 1 heterocycles. The summed E-state index contributed by atoms with van der Waals surface area (Å²) in [5.74, 6) is -0.800. The number of rotatable bonds is 4. The minimum Gasteiger partial charge on any atom is -0.412 e. The van der Waals surface area contributed by atoms with Gasteiger partial charge in [0, 0.05) is 19.3 Å². The molecule has 1 atom stereocenters. The van der Waals surface area contributed by atoms with Gasteiger partial charge in [0.1, 0.15) is 11.1 Å². The summed E-state index contributed by atoms with van der Waals surface area (Å²) in [6, 6.07) is 0. The van der Waals surface area contributed by atoms with Gasteiger partial charge < -0.3 is 10.2 Å². The Kier molecular flexibility index (Phi) is 5.98. The molecule has 8 nitrogen and oxygen atoms in total. The molecule has 0 saturated carbocycles. The second kappa shape index (κ2) is 6.07. The number of morpholine rings is 1. The predicted octanol–water partition coefficient (Wildman–Crippen LogP) is -2.25. The maximum Gasteiger partial charge on any atom is 0.267 e. The molecule has 0 aliphatic carbocycles. The predicted molar refractivity (Wildman–Crippen MR) is 61.1 cm³/mol. The van der Waals surface area contributed by atoms with Crippen molar-refractivity contribution in [2.45, 2.75) is 5.37 Å². The lowest BCUT2D eigenvalue weighted by Crippen LogP contribution is -2.50.